The third-order valence-corrected chi connectivity index (χ3v) is 2.95. The first kappa shape index (κ1) is 15.0. The SMILES string of the molecule is CCc1cc(C(C)(C)C)ccc1OCC(O)CO. The molecule has 0 saturated carbocycles. The molecule has 3 heteroatoms. The van der Waals surface area contributed by atoms with Crippen LogP contribution >= 0.6 is 0 Å². The van der Waals surface area contributed by atoms with Crippen LogP contribution in [0.25, 0.3) is 0 Å². The van der Waals surface area contributed by atoms with Gasteiger partial charge in [-0.25, -0.2) is 0 Å². The maximum Gasteiger partial charge on any atom is 0.122 e. The first-order valence-electron chi connectivity index (χ1n) is 6.43. The van der Waals surface area contributed by atoms with E-state index in [0.717, 1.165) is 17.7 Å². The molecule has 0 radical (unpaired) electrons. The molecule has 1 atom stereocenters. The summed E-state index contributed by atoms with van der Waals surface area (Å²) in [5, 5.41) is 18.1. The van der Waals surface area contributed by atoms with Crippen molar-refractivity contribution >= 4 is 0 Å². The van der Waals surface area contributed by atoms with Crippen molar-refractivity contribution in [1.82, 2.24) is 0 Å². The topological polar surface area (TPSA) is 49.7 Å². The highest BCUT2D eigenvalue weighted by Gasteiger charge is 2.15. The van der Waals surface area contributed by atoms with E-state index >= 15 is 0 Å². The molecule has 0 aliphatic rings. The molecule has 3 nitrogen and oxygen atoms in total. The molecular weight excluding hydrogens is 228 g/mol. The standard InChI is InChI=1S/C15H24O3/c1-5-11-8-12(15(2,3)4)6-7-14(11)18-10-13(17)9-16/h6-8,13,16-17H,5,9-10H2,1-4H3. The molecule has 2 N–H and O–H groups in total. The average molecular weight is 252 g/mol. The van der Waals surface area contributed by atoms with Crippen molar-refractivity contribution < 1.29 is 14.9 Å². The Morgan fingerprint density at radius 3 is 2.44 bits per heavy atom. The zero-order chi connectivity index (χ0) is 13.8. The molecule has 102 valence electrons. The highest BCUT2D eigenvalue weighted by molar-refractivity contribution is 5.39. The summed E-state index contributed by atoms with van der Waals surface area (Å²) in [5.74, 6) is 0.790. The molecule has 18 heavy (non-hydrogen) atoms. The van der Waals surface area contributed by atoms with Crippen LogP contribution in [0.5, 0.6) is 5.75 Å². The summed E-state index contributed by atoms with van der Waals surface area (Å²) in [5.41, 5.74) is 2.52. The van der Waals surface area contributed by atoms with E-state index in [1.807, 2.05) is 6.07 Å². The number of ether oxygens (including phenoxy) is 1. The Kier molecular flexibility index (Phi) is 5.17. The molecule has 0 aliphatic carbocycles. The summed E-state index contributed by atoms with van der Waals surface area (Å²) >= 11 is 0. The van der Waals surface area contributed by atoms with E-state index in [4.69, 9.17) is 9.84 Å². The predicted molar refractivity (Wildman–Crippen MR) is 73.1 cm³/mol. The Hall–Kier alpha value is -1.06. The average Bonchev–Trinajstić information content (AvgIpc) is 2.34. The van der Waals surface area contributed by atoms with Crippen LogP contribution in [-0.2, 0) is 11.8 Å². The monoisotopic (exact) mass is 252 g/mol. The summed E-state index contributed by atoms with van der Waals surface area (Å²) in [6.07, 6.45) is 0.0612. The molecular formula is C15H24O3. The number of aliphatic hydroxyl groups is 2. The second kappa shape index (κ2) is 6.21. The lowest BCUT2D eigenvalue weighted by Crippen LogP contribution is -2.21. The molecule has 0 fully saturated rings. The summed E-state index contributed by atoms with van der Waals surface area (Å²) in [6, 6.07) is 6.16. The fourth-order valence-electron chi connectivity index (χ4n) is 1.70. The minimum atomic E-state index is -0.822. The molecule has 0 bridgehead atoms. The van der Waals surface area contributed by atoms with Crippen molar-refractivity contribution in [2.24, 2.45) is 0 Å². The van der Waals surface area contributed by atoms with E-state index in [1.54, 1.807) is 0 Å². The number of aliphatic hydroxyl groups excluding tert-OH is 2. The van der Waals surface area contributed by atoms with Gasteiger partial charge in [-0.2, -0.15) is 0 Å². The fraction of sp³-hybridized carbons (Fsp3) is 0.600. The van der Waals surface area contributed by atoms with Crippen LogP contribution < -0.4 is 4.74 Å². The Morgan fingerprint density at radius 1 is 1.28 bits per heavy atom. The van der Waals surface area contributed by atoms with E-state index in [9.17, 15) is 5.11 Å². The lowest BCUT2D eigenvalue weighted by atomic mass is 9.86. The van der Waals surface area contributed by atoms with Gasteiger partial charge in [0.2, 0.25) is 0 Å². The second-order valence-electron chi connectivity index (χ2n) is 5.57. The van der Waals surface area contributed by atoms with Gasteiger partial charge in [-0.3, -0.25) is 0 Å². The lowest BCUT2D eigenvalue weighted by molar-refractivity contribution is 0.0533. The number of hydrogen-bond donors (Lipinski definition) is 2. The highest BCUT2D eigenvalue weighted by atomic mass is 16.5. The van der Waals surface area contributed by atoms with Crippen LogP contribution in [0.2, 0.25) is 0 Å². The molecule has 1 unspecified atom stereocenters. The molecule has 0 heterocycles. The minimum Gasteiger partial charge on any atom is -0.491 e. The van der Waals surface area contributed by atoms with Gasteiger partial charge in [-0.05, 0) is 29.0 Å². The van der Waals surface area contributed by atoms with Gasteiger partial charge in [0.25, 0.3) is 0 Å². The molecule has 0 spiro atoms. The zero-order valence-electron chi connectivity index (χ0n) is 11.7. The van der Waals surface area contributed by atoms with E-state index in [-0.39, 0.29) is 18.6 Å². The lowest BCUT2D eigenvalue weighted by Gasteiger charge is -2.21. The maximum absolute atomic E-state index is 9.29. The molecule has 0 aromatic heterocycles. The van der Waals surface area contributed by atoms with Crippen LogP contribution in [0.1, 0.15) is 38.8 Å². The number of hydrogen-bond acceptors (Lipinski definition) is 3. The van der Waals surface area contributed by atoms with Crippen molar-refractivity contribution in [2.75, 3.05) is 13.2 Å². The normalized spacial score (nSPS) is 13.4. The quantitative estimate of drug-likeness (QED) is 0.845. The molecule has 0 aliphatic heterocycles. The predicted octanol–water partition coefficient (Wildman–Crippen LogP) is 2.28. The largest absolute Gasteiger partial charge is 0.491 e. The van der Waals surface area contributed by atoms with Gasteiger partial charge in [0.15, 0.2) is 0 Å². The Balaban J connectivity index is 2.87. The Labute approximate surface area is 109 Å². The van der Waals surface area contributed by atoms with Crippen LogP contribution in [0.3, 0.4) is 0 Å². The van der Waals surface area contributed by atoms with Gasteiger partial charge in [0.05, 0.1) is 6.61 Å². The summed E-state index contributed by atoms with van der Waals surface area (Å²) in [4.78, 5) is 0. The third kappa shape index (κ3) is 4.00. The van der Waals surface area contributed by atoms with Gasteiger partial charge in [-0.1, -0.05) is 39.8 Å². The second-order valence-corrected chi connectivity index (χ2v) is 5.57. The van der Waals surface area contributed by atoms with Crippen molar-refractivity contribution in [3.63, 3.8) is 0 Å². The summed E-state index contributed by atoms with van der Waals surface area (Å²) in [7, 11) is 0. The van der Waals surface area contributed by atoms with Gasteiger partial charge in [-0.15, -0.1) is 0 Å². The third-order valence-electron chi connectivity index (χ3n) is 2.95. The molecule has 1 aromatic carbocycles. The molecule has 1 aromatic rings. The van der Waals surface area contributed by atoms with E-state index in [2.05, 4.69) is 39.8 Å². The zero-order valence-corrected chi connectivity index (χ0v) is 11.7. The Bertz CT molecular complexity index is 380. The summed E-state index contributed by atoms with van der Waals surface area (Å²) < 4.78 is 5.54. The molecule has 1 rings (SSSR count). The van der Waals surface area contributed by atoms with Gasteiger partial charge in [0.1, 0.15) is 18.5 Å². The number of benzene rings is 1. The van der Waals surface area contributed by atoms with Crippen LogP contribution in [0, 0.1) is 0 Å². The molecule has 0 amide bonds. The van der Waals surface area contributed by atoms with Crippen molar-refractivity contribution in [2.45, 2.75) is 45.6 Å². The number of rotatable bonds is 5. The first-order valence-corrected chi connectivity index (χ1v) is 6.43. The van der Waals surface area contributed by atoms with E-state index in [1.165, 1.54) is 5.56 Å². The Morgan fingerprint density at radius 2 is 1.94 bits per heavy atom. The van der Waals surface area contributed by atoms with Crippen LogP contribution in [0.15, 0.2) is 18.2 Å². The highest BCUT2D eigenvalue weighted by Crippen LogP contribution is 2.28. The van der Waals surface area contributed by atoms with Crippen molar-refractivity contribution in [3.8, 4) is 5.75 Å². The van der Waals surface area contributed by atoms with Crippen molar-refractivity contribution in [3.05, 3.63) is 29.3 Å². The van der Waals surface area contributed by atoms with E-state index < -0.39 is 6.10 Å². The van der Waals surface area contributed by atoms with Crippen LogP contribution in [0.4, 0.5) is 0 Å². The fourth-order valence-corrected chi connectivity index (χ4v) is 1.70. The van der Waals surface area contributed by atoms with Gasteiger partial charge >= 0.3 is 0 Å². The van der Waals surface area contributed by atoms with Crippen LogP contribution in [-0.4, -0.2) is 29.5 Å². The minimum absolute atomic E-state index is 0.118. The summed E-state index contributed by atoms with van der Waals surface area (Å²) in [6.45, 7) is 8.46. The van der Waals surface area contributed by atoms with Crippen molar-refractivity contribution in [1.29, 1.82) is 0 Å². The van der Waals surface area contributed by atoms with E-state index in [0.29, 0.717) is 0 Å². The van der Waals surface area contributed by atoms with Gasteiger partial charge in [0, 0.05) is 0 Å². The molecule has 0 saturated heterocycles. The maximum atomic E-state index is 9.29. The first-order chi connectivity index (χ1) is 8.38. The van der Waals surface area contributed by atoms with Gasteiger partial charge < -0.3 is 14.9 Å². The smallest absolute Gasteiger partial charge is 0.122 e. The number of aryl methyl sites for hydroxylation is 1.